The topological polar surface area (TPSA) is 38.0 Å². The monoisotopic (exact) mass is 224 g/mol. The van der Waals surface area contributed by atoms with Crippen LogP contribution < -0.4 is 0 Å². The summed E-state index contributed by atoms with van der Waals surface area (Å²) >= 11 is 0. The van der Waals surface area contributed by atoms with E-state index >= 15 is 0 Å². The summed E-state index contributed by atoms with van der Waals surface area (Å²) < 4.78 is 2.06. The second kappa shape index (κ2) is 5.00. The second-order valence-electron chi connectivity index (χ2n) is 5.25. The minimum Gasteiger partial charge on any atom is -0.392 e. The average Bonchev–Trinajstić information content (AvgIpc) is 2.56. The quantitative estimate of drug-likeness (QED) is 0.852. The number of aliphatic hydroxyl groups is 1. The Morgan fingerprint density at radius 2 is 1.62 bits per heavy atom. The highest BCUT2D eigenvalue weighted by molar-refractivity contribution is 5.30. The van der Waals surface area contributed by atoms with Crippen LogP contribution in [0.3, 0.4) is 0 Å². The van der Waals surface area contributed by atoms with Crippen molar-refractivity contribution in [1.29, 1.82) is 0 Å². The van der Waals surface area contributed by atoms with Gasteiger partial charge in [-0.05, 0) is 25.7 Å². The number of aliphatic hydroxyl groups excluding tert-OH is 1. The molecule has 0 aliphatic rings. The van der Waals surface area contributed by atoms with E-state index in [0.717, 1.165) is 11.3 Å². The number of rotatable bonds is 4. The van der Waals surface area contributed by atoms with Crippen molar-refractivity contribution in [2.45, 2.75) is 66.0 Å². The molecule has 0 unspecified atom stereocenters. The van der Waals surface area contributed by atoms with Crippen molar-refractivity contribution >= 4 is 0 Å². The van der Waals surface area contributed by atoms with Crippen molar-refractivity contribution in [3.8, 4) is 0 Å². The van der Waals surface area contributed by atoms with Crippen LogP contribution in [0.1, 0.15) is 76.4 Å². The minimum absolute atomic E-state index is 0.0910. The molecular formula is C13H24N2O. The van der Waals surface area contributed by atoms with Crippen molar-refractivity contribution in [2.75, 3.05) is 0 Å². The van der Waals surface area contributed by atoms with Crippen LogP contribution in [0.25, 0.3) is 0 Å². The zero-order valence-electron chi connectivity index (χ0n) is 11.3. The van der Waals surface area contributed by atoms with E-state index in [1.54, 1.807) is 0 Å². The van der Waals surface area contributed by atoms with Gasteiger partial charge in [0.1, 0.15) is 0 Å². The first-order valence-corrected chi connectivity index (χ1v) is 6.12. The molecule has 0 atom stereocenters. The number of hydrogen-bond donors (Lipinski definition) is 1. The van der Waals surface area contributed by atoms with E-state index < -0.39 is 0 Å². The third-order valence-corrected chi connectivity index (χ3v) is 2.82. The summed E-state index contributed by atoms with van der Waals surface area (Å²) in [6, 6.07) is 0.343. The van der Waals surface area contributed by atoms with E-state index in [-0.39, 0.29) is 6.61 Å². The van der Waals surface area contributed by atoms with Crippen LogP contribution in [0.4, 0.5) is 0 Å². The lowest BCUT2D eigenvalue weighted by atomic mass is 9.99. The van der Waals surface area contributed by atoms with E-state index in [0.29, 0.717) is 17.9 Å². The van der Waals surface area contributed by atoms with Gasteiger partial charge in [0.05, 0.1) is 12.3 Å². The first-order valence-electron chi connectivity index (χ1n) is 6.12. The standard InChI is InChI=1S/C13H24N2O/c1-8(2)12-11(7-16)13(9(3)4)15(14-12)10(5)6/h8-10,16H,7H2,1-6H3. The van der Waals surface area contributed by atoms with Gasteiger partial charge in [-0.3, -0.25) is 4.68 Å². The van der Waals surface area contributed by atoms with E-state index in [2.05, 4.69) is 51.3 Å². The van der Waals surface area contributed by atoms with E-state index in [1.165, 1.54) is 5.69 Å². The van der Waals surface area contributed by atoms with Gasteiger partial charge in [-0.1, -0.05) is 27.7 Å². The molecular weight excluding hydrogens is 200 g/mol. The molecule has 1 aromatic heterocycles. The van der Waals surface area contributed by atoms with Crippen LogP contribution in [0, 0.1) is 0 Å². The molecule has 0 radical (unpaired) electrons. The molecule has 3 nitrogen and oxygen atoms in total. The molecule has 1 rings (SSSR count). The maximum Gasteiger partial charge on any atom is 0.0718 e. The first-order chi connectivity index (χ1) is 7.40. The Labute approximate surface area is 98.5 Å². The third kappa shape index (κ3) is 2.29. The van der Waals surface area contributed by atoms with Gasteiger partial charge in [-0.25, -0.2) is 0 Å². The van der Waals surface area contributed by atoms with Crippen molar-refractivity contribution in [2.24, 2.45) is 0 Å². The SMILES string of the molecule is CC(C)c1nn(C(C)C)c(C(C)C)c1CO. The molecule has 16 heavy (non-hydrogen) atoms. The first kappa shape index (κ1) is 13.2. The van der Waals surface area contributed by atoms with Gasteiger partial charge >= 0.3 is 0 Å². The molecule has 0 aromatic carbocycles. The number of aromatic nitrogens is 2. The summed E-state index contributed by atoms with van der Waals surface area (Å²) in [6.45, 7) is 12.9. The van der Waals surface area contributed by atoms with Crippen molar-refractivity contribution in [3.63, 3.8) is 0 Å². The van der Waals surface area contributed by atoms with Crippen LogP contribution in [-0.2, 0) is 6.61 Å². The number of nitrogens with zero attached hydrogens (tertiary/aromatic N) is 2. The Kier molecular flexibility index (Phi) is 4.14. The van der Waals surface area contributed by atoms with E-state index in [1.807, 2.05) is 0 Å². The normalized spacial score (nSPS) is 12.1. The fourth-order valence-corrected chi connectivity index (χ4v) is 2.13. The molecule has 92 valence electrons. The molecule has 3 heteroatoms. The Bertz CT molecular complexity index is 351. The molecule has 0 aliphatic carbocycles. The molecule has 0 bridgehead atoms. The molecule has 0 fully saturated rings. The molecule has 0 spiro atoms. The number of hydrogen-bond acceptors (Lipinski definition) is 2. The Balaban J connectivity index is 3.40. The lowest BCUT2D eigenvalue weighted by Gasteiger charge is -2.14. The smallest absolute Gasteiger partial charge is 0.0718 e. The zero-order chi connectivity index (χ0) is 12.5. The van der Waals surface area contributed by atoms with E-state index in [9.17, 15) is 5.11 Å². The summed E-state index contributed by atoms with van der Waals surface area (Å²) in [5.41, 5.74) is 3.25. The Morgan fingerprint density at radius 3 is 1.94 bits per heavy atom. The fraction of sp³-hybridized carbons (Fsp3) is 0.769. The fourth-order valence-electron chi connectivity index (χ4n) is 2.13. The minimum atomic E-state index is 0.0910. The molecule has 1 N–H and O–H groups in total. The van der Waals surface area contributed by atoms with Crippen molar-refractivity contribution < 1.29 is 5.11 Å². The molecule has 0 saturated carbocycles. The van der Waals surface area contributed by atoms with Gasteiger partial charge in [-0.2, -0.15) is 5.10 Å². The van der Waals surface area contributed by atoms with E-state index in [4.69, 9.17) is 0 Å². The second-order valence-corrected chi connectivity index (χ2v) is 5.25. The van der Waals surface area contributed by atoms with Crippen molar-refractivity contribution in [3.05, 3.63) is 17.0 Å². The molecule has 0 amide bonds. The Morgan fingerprint density at radius 1 is 1.06 bits per heavy atom. The maximum absolute atomic E-state index is 9.54. The third-order valence-electron chi connectivity index (χ3n) is 2.82. The van der Waals surface area contributed by atoms with Crippen molar-refractivity contribution in [1.82, 2.24) is 9.78 Å². The van der Waals surface area contributed by atoms with Gasteiger partial charge in [0, 0.05) is 17.3 Å². The molecule has 1 aromatic rings. The Hall–Kier alpha value is -0.830. The summed E-state index contributed by atoms with van der Waals surface area (Å²) in [4.78, 5) is 0. The van der Waals surface area contributed by atoms with Crippen LogP contribution in [-0.4, -0.2) is 14.9 Å². The summed E-state index contributed by atoms with van der Waals surface area (Å²) in [6.07, 6.45) is 0. The molecule has 1 heterocycles. The summed E-state index contributed by atoms with van der Waals surface area (Å²) in [5, 5.41) is 14.2. The predicted octanol–water partition coefficient (Wildman–Crippen LogP) is 3.20. The highest BCUT2D eigenvalue weighted by atomic mass is 16.3. The van der Waals surface area contributed by atoms with Gasteiger partial charge in [0.25, 0.3) is 0 Å². The maximum atomic E-state index is 9.54. The zero-order valence-corrected chi connectivity index (χ0v) is 11.3. The summed E-state index contributed by atoms with van der Waals surface area (Å²) in [5.74, 6) is 0.754. The van der Waals surface area contributed by atoms with Gasteiger partial charge in [0.2, 0.25) is 0 Å². The predicted molar refractivity (Wildman–Crippen MR) is 66.7 cm³/mol. The lowest BCUT2D eigenvalue weighted by Crippen LogP contribution is -2.09. The summed E-state index contributed by atoms with van der Waals surface area (Å²) in [7, 11) is 0. The van der Waals surface area contributed by atoms with Crippen LogP contribution >= 0.6 is 0 Å². The van der Waals surface area contributed by atoms with Crippen LogP contribution in [0.15, 0.2) is 0 Å². The highest BCUT2D eigenvalue weighted by Crippen LogP contribution is 2.29. The lowest BCUT2D eigenvalue weighted by molar-refractivity contribution is 0.278. The largest absolute Gasteiger partial charge is 0.392 e. The van der Waals surface area contributed by atoms with Crippen LogP contribution in [0.2, 0.25) is 0 Å². The van der Waals surface area contributed by atoms with Gasteiger partial charge < -0.3 is 5.11 Å². The highest BCUT2D eigenvalue weighted by Gasteiger charge is 2.22. The van der Waals surface area contributed by atoms with Gasteiger partial charge in [-0.15, -0.1) is 0 Å². The average molecular weight is 224 g/mol. The molecule has 0 saturated heterocycles. The molecule has 0 aliphatic heterocycles. The van der Waals surface area contributed by atoms with Gasteiger partial charge in [0.15, 0.2) is 0 Å². The van der Waals surface area contributed by atoms with Crippen LogP contribution in [0.5, 0.6) is 0 Å².